The normalized spacial score (nSPS) is 18.3. The lowest BCUT2D eigenvalue weighted by Crippen LogP contribution is -2.38. The van der Waals surface area contributed by atoms with Gasteiger partial charge >= 0.3 is 0 Å². The first-order chi connectivity index (χ1) is 11.3. The minimum Gasteiger partial charge on any atom is -0.379 e. The van der Waals surface area contributed by atoms with Gasteiger partial charge < -0.3 is 20.1 Å². The van der Waals surface area contributed by atoms with Crippen LogP contribution in [0.1, 0.15) is 37.4 Å². The van der Waals surface area contributed by atoms with Crippen molar-refractivity contribution in [3.63, 3.8) is 0 Å². The minimum absolute atomic E-state index is 0.286. The number of aryl methyl sites for hydroxylation is 1. The molecule has 1 saturated heterocycles. The Hall–Kier alpha value is -1.18. The molecule has 1 aliphatic rings. The highest BCUT2D eigenvalue weighted by Crippen LogP contribution is 2.11. The third kappa shape index (κ3) is 6.85. The molecule has 0 aromatic carbocycles. The summed E-state index contributed by atoms with van der Waals surface area (Å²) in [6.07, 6.45) is 3.25. The molecule has 23 heavy (non-hydrogen) atoms. The summed E-state index contributed by atoms with van der Waals surface area (Å²) in [5.41, 5.74) is 1.04. The average molecular weight is 340 g/mol. The molecule has 2 heterocycles. The van der Waals surface area contributed by atoms with Crippen molar-refractivity contribution < 1.29 is 9.47 Å². The highest BCUT2D eigenvalue weighted by atomic mass is 32.1. The zero-order valence-corrected chi connectivity index (χ0v) is 15.0. The molecule has 0 radical (unpaired) electrons. The molecule has 1 aromatic heterocycles. The number of nitrogens with one attached hydrogen (secondary N) is 2. The van der Waals surface area contributed by atoms with Crippen LogP contribution in [-0.4, -0.2) is 50.0 Å². The predicted octanol–water partition coefficient (Wildman–Crippen LogP) is 1.96. The van der Waals surface area contributed by atoms with E-state index in [-0.39, 0.29) is 6.10 Å². The Labute approximate surface area is 142 Å². The van der Waals surface area contributed by atoms with Crippen LogP contribution in [0.3, 0.4) is 0 Å². The van der Waals surface area contributed by atoms with E-state index in [2.05, 4.69) is 39.8 Å². The van der Waals surface area contributed by atoms with Crippen LogP contribution in [0.4, 0.5) is 0 Å². The van der Waals surface area contributed by atoms with Gasteiger partial charge in [0.25, 0.3) is 0 Å². The van der Waals surface area contributed by atoms with Crippen LogP contribution in [0.15, 0.2) is 10.4 Å². The fourth-order valence-electron chi connectivity index (χ4n) is 2.26. The molecule has 0 bridgehead atoms. The van der Waals surface area contributed by atoms with Gasteiger partial charge in [0.05, 0.1) is 30.0 Å². The van der Waals surface area contributed by atoms with Gasteiger partial charge in [0.1, 0.15) is 0 Å². The molecule has 0 amide bonds. The summed E-state index contributed by atoms with van der Waals surface area (Å²) in [5.74, 6) is 0.836. The summed E-state index contributed by atoms with van der Waals surface area (Å²) >= 11 is 1.70. The number of nitrogens with zero attached hydrogens (tertiary/aromatic N) is 2. The van der Waals surface area contributed by atoms with E-state index in [9.17, 15) is 0 Å². The van der Waals surface area contributed by atoms with Gasteiger partial charge in [0.15, 0.2) is 5.96 Å². The zero-order chi connectivity index (χ0) is 16.3. The van der Waals surface area contributed by atoms with Gasteiger partial charge in [-0.1, -0.05) is 6.92 Å². The molecule has 7 heteroatoms. The van der Waals surface area contributed by atoms with Gasteiger partial charge in [0.2, 0.25) is 0 Å². The Bertz CT molecular complexity index is 472. The van der Waals surface area contributed by atoms with Crippen molar-refractivity contribution in [1.29, 1.82) is 0 Å². The summed E-state index contributed by atoms with van der Waals surface area (Å²) in [7, 11) is 0. The second-order valence-corrected chi connectivity index (χ2v) is 6.36. The molecule has 0 spiro atoms. The quantitative estimate of drug-likeness (QED) is 0.409. The van der Waals surface area contributed by atoms with Gasteiger partial charge in [-0.15, -0.1) is 11.3 Å². The van der Waals surface area contributed by atoms with Gasteiger partial charge in [-0.2, -0.15) is 0 Å². The Kier molecular flexibility index (Phi) is 8.35. The van der Waals surface area contributed by atoms with E-state index in [1.807, 2.05) is 0 Å². The molecule has 1 unspecified atom stereocenters. The van der Waals surface area contributed by atoms with Crippen molar-refractivity contribution in [1.82, 2.24) is 15.6 Å². The lowest BCUT2D eigenvalue weighted by atomic mass is 10.3. The van der Waals surface area contributed by atoms with Crippen molar-refractivity contribution in [2.24, 2.45) is 4.99 Å². The molecule has 2 rings (SSSR count). The summed E-state index contributed by atoms with van der Waals surface area (Å²) < 4.78 is 11.0. The van der Waals surface area contributed by atoms with E-state index in [0.717, 1.165) is 63.8 Å². The minimum atomic E-state index is 0.286. The Morgan fingerprint density at radius 3 is 3.09 bits per heavy atom. The third-order valence-electron chi connectivity index (χ3n) is 3.50. The monoisotopic (exact) mass is 340 g/mol. The maximum Gasteiger partial charge on any atom is 0.191 e. The molecular weight excluding hydrogens is 312 g/mol. The van der Waals surface area contributed by atoms with Crippen molar-refractivity contribution in [2.45, 2.75) is 45.8 Å². The Morgan fingerprint density at radius 2 is 2.39 bits per heavy atom. The van der Waals surface area contributed by atoms with E-state index in [0.29, 0.717) is 6.54 Å². The molecule has 6 nitrogen and oxygen atoms in total. The molecule has 0 aliphatic carbocycles. The van der Waals surface area contributed by atoms with Gasteiger partial charge in [-0.05, 0) is 26.2 Å². The maximum atomic E-state index is 5.76. The van der Waals surface area contributed by atoms with Crippen molar-refractivity contribution in [3.05, 3.63) is 16.1 Å². The van der Waals surface area contributed by atoms with E-state index in [1.54, 1.807) is 11.3 Å². The lowest BCUT2D eigenvalue weighted by molar-refractivity contribution is 0.0420. The van der Waals surface area contributed by atoms with Crippen molar-refractivity contribution in [2.75, 3.05) is 32.9 Å². The number of aromatic nitrogens is 1. The van der Waals surface area contributed by atoms with Gasteiger partial charge in [-0.25, -0.2) is 9.98 Å². The number of thiazole rings is 1. The number of ether oxygens (including phenoxy) is 2. The number of hydrogen-bond donors (Lipinski definition) is 2. The molecule has 130 valence electrons. The van der Waals surface area contributed by atoms with E-state index < -0.39 is 0 Å². The molecular formula is C16H28N4O2S. The molecule has 1 atom stereocenters. The summed E-state index contributed by atoms with van der Waals surface area (Å²) in [6, 6.07) is 0. The molecule has 0 saturated carbocycles. The average Bonchev–Trinajstić information content (AvgIpc) is 3.23. The van der Waals surface area contributed by atoms with Crippen LogP contribution in [0.25, 0.3) is 0 Å². The van der Waals surface area contributed by atoms with E-state index in [1.165, 1.54) is 5.01 Å². The van der Waals surface area contributed by atoms with Crippen LogP contribution in [0.5, 0.6) is 0 Å². The fraction of sp³-hybridized carbons (Fsp3) is 0.750. The third-order valence-corrected chi connectivity index (χ3v) is 4.54. The first-order valence-electron chi connectivity index (χ1n) is 8.46. The second kappa shape index (κ2) is 10.6. The highest BCUT2D eigenvalue weighted by Gasteiger charge is 2.15. The maximum absolute atomic E-state index is 5.76. The summed E-state index contributed by atoms with van der Waals surface area (Å²) in [5, 5.41) is 9.85. The van der Waals surface area contributed by atoms with Gasteiger partial charge in [-0.3, -0.25) is 0 Å². The topological polar surface area (TPSA) is 67.8 Å². The molecule has 1 aromatic rings. The summed E-state index contributed by atoms with van der Waals surface area (Å²) in [6.45, 7) is 8.82. The molecule has 1 aliphatic heterocycles. The Balaban J connectivity index is 1.66. The van der Waals surface area contributed by atoms with Crippen LogP contribution >= 0.6 is 11.3 Å². The molecule has 1 fully saturated rings. The Morgan fingerprint density at radius 1 is 1.48 bits per heavy atom. The zero-order valence-electron chi connectivity index (χ0n) is 14.1. The van der Waals surface area contributed by atoms with E-state index in [4.69, 9.17) is 9.47 Å². The van der Waals surface area contributed by atoms with Gasteiger partial charge in [0, 0.05) is 31.7 Å². The standard InChI is InChI=1S/C16H28N4O2S/c1-3-15-20-13(12-23-15)10-19-16(17-4-2)18-7-5-8-22-14-6-9-21-11-14/h12,14H,3-11H2,1-2H3,(H2,17,18,19). The van der Waals surface area contributed by atoms with Crippen LogP contribution in [-0.2, 0) is 22.4 Å². The van der Waals surface area contributed by atoms with Crippen LogP contribution < -0.4 is 10.6 Å². The number of rotatable bonds is 9. The number of aliphatic imine (C=N–C) groups is 1. The highest BCUT2D eigenvalue weighted by molar-refractivity contribution is 7.09. The lowest BCUT2D eigenvalue weighted by Gasteiger charge is -2.12. The first kappa shape index (κ1) is 18.2. The molecule has 2 N–H and O–H groups in total. The fourth-order valence-corrected chi connectivity index (χ4v) is 2.99. The van der Waals surface area contributed by atoms with E-state index >= 15 is 0 Å². The van der Waals surface area contributed by atoms with Crippen LogP contribution in [0.2, 0.25) is 0 Å². The largest absolute Gasteiger partial charge is 0.379 e. The predicted molar refractivity (Wildman–Crippen MR) is 94.1 cm³/mol. The van der Waals surface area contributed by atoms with Crippen molar-refractivity contribution >= 4 is 17.3 Å². The van der Waals surface area contributed by atoms with Crippen LogP contribution in [0, 0.1) is 0 Å². The summed E-state index contributed by atoms with van der Waals surface area (Å²) in [4.78, 5) is 9.12. The SMILES string of the molecule is CCNC(=NCc1csc(CC)n1)NCCCOC1CCOC1. The number of guanidine groups is 1. The second-order valence-electron chi connectivity index (χ2n) is 5.42. The number of hydrogen-bond acceptors (Lipinski definition) is 5. The smallest absolute Gasteiger partial charge is 0.191 e. The first-order valence-corrected chi connectivity index (χ1v) is 9.34. The van der Waals surface area contributed by atoms with Crippen molar-refractivity contribution in [3.8, 4) is 0 Å².